The van der Waals surface area contributed by atoms with E-state index in [9.17, 15) is 0 Å². The molecule has 0 amide bonds. The van der Waals surface area contributed by atoms with Crippen molar-refractivity contribution in [1.82, 2.24) is 29.8 Å². The smallest absolute Gasteiger partial charge is 0.160 e. The third-order valence-corrected chi connectivity index (χ3v) is 5.84. The summed E-state index contributed by atoms with van der Waals surface area (Å²) >= 11 is 0. The Balaban J connectivity index is 1.40. The first-order valence-corrected chi connectivity index (χ1v) is 10.8. The first-order chi connectivity index (χ1) is 15.7. The summed E-state index contributed by atoms with van der Waals surface area (Å²) in [6.45, 7) is 3.04. The second-order valence-electron chi connectivity index (χ2n) is 8.00. The van der Waals surface area contributed by atoms with Crippen molar-refractivity contribution in [2.75, 3.05) is 36.2 Å². The summed E-state index contributed by atoms with van der Waals surface area (Å²) in [5.41, 5.74) is 7.36. The van der Waals surface area contributed by atoms with Crippen LogP contribution in [0.15, 0.2) is 67.1 Å². The van der Waals surface area contributed by atoms with Crippen molar-refractivity contribution in [2.24, 2.45) is 7.05 Å². The molecule has 4 aromatic rings. The van der Waals surface area contributed by atoms with Crippen molar-refractivity contribution < 1.29 is 4.74 Å². The van der Waals surface area contributed by atoms with Gasteiger partial charge in [-0.15, -0.1) is 0 Å². The molecule has 0 radical (unpaired) electrons. The predicted octanol–water partition coefficient (Wildman–Crippen LogP) is 2.55. The number of ether oxygens (including phenoxy) is 1. The zero-order chi connectivity index (χ0) is 21.5. The molecule has 2 aliphatic rings. The Kier molecular flexibility index (Phi) is 4.62. The molecule has 1 fully saturated rings. The van der Waals surface area contributed by atoms with Crippen molar-refractivity contribution in [3.05, 3.63) is 72.7 Å². The Hall–Kier alpha value is -3.69. The molecule has 162 valence electrons. The van der Waals surface area contributed by atoms with Gasteiger partial charge in [0.25, 0.3) is 0 Å². The number of nitrogens with zero attached hydrogens (tertiary/aromatic N) is 7. The van der Waals surface area contributed by atoms with Crippen molar-refractivity contribution in [3.8, 4) is 11.3 Å². The Morgan fingerprint density at radius 1 is 1.09 bits per heavy atom. The number of hydrazine groups is 1. The lowest BCUT2D eigenvalue weighted by Crippen LogP contribution is -2.38. The molecule has 1 atom stereocenters. The molecule has 1 saturated heterocycles. The van der Waals surface area contributed by atoms with Gasteiger partial charge in [-0.05, 0) is 11.6 Å². The van der Waals surface area contributed by atoms with Crippen LogP contribution in [-0.2, 0) is 11.8 Å². The van der Waals surface area contributed by atoms with Crippen molar-refractivity contribution >= 4 is 17.3 Å². The molecule has 0 saturated carbocycles. The van der Waals surface area contributed by atoms with Gasteiger partial charge >= 0.3 is 0 Å². The number of aromatic nitrogens is 5. The molecular weight excluding hydrogens is 404 g/mol. The fourth-order valence-electron chi connectivity index (χ4n) is 4.18. The van der Waals surface area contributed by atoms with Crippen LogP contribution in [0.25, 0.3) is 16.9 Å². The molecule has 1 N–H and O–H groups in total. The van der Waals surface area contributed by atoms with Gasteiger partial charge in [0.2, 0.25) is 0 Å². The second-order valence-corrected chi connectivity index (χ2v) is 8.00. The van der Waals surface area contributed by atoms with E-state index in [0.717, 1.165) is 41.6 Å². The van der Waals surface area contributed by atoms with Crippen LogP contribution in [-0.4, -0.2) is 50.7 Å². The molecule has 3 aromatic heterocycles. The second kappa shape index (κ2) is 7.77. The van der Waals surface area contributed by atoms with Crippen LogP contribution in [0.5, 0.6) is 0 Å². The molecular formula is C23H24N8O. The molecule has 0 bridgehead atoms. The van der Waals surface area contributed by atoms with E-state index < -0.39 is 0 Å². The van der Waals surface area contributed by atoms with Crippen LogP contribution in [0.1, 0.15) is 11.6 Å². The van der Waals surface area contributed by atoms with Gasteiger partial charge in [0.15, 0.2) is 11.5 Å². The van der Waals surface area contributed by atoms with Crippen LogP contribution in [0.3, 0.4) is 0 Å². The molecule has 5 heterocycles. The van der Waals surface area contributed by atoms with Gasteiger partial charge in [0.1, 0.15) is 5.82 Å². The average Bonchev–Trinajstić information content (AvgIpc) is 3.59. The van der Waals surface area contributed by atoms with E-state index >= 15 is 0 Å². The number of nitrogens with one attached hydrogen (secondary N) is 1. The summed E-state index contributed by atoms with van der Waals surface area (Å²) in [6.07, 6.45) is 7.98. The summed E-state index contributed by atoms with van der Waals surface area (Å²) in [4.78, 5) is 7.22. The number of fused-ring (bicyclic) bond motifs is 1. The zero-order valence-electron chi connectivity index (χ0n) is 17.8. The van der Waals surface area contributed by atoms with Crippen LogP contribution in [0, 0.1) is 0 Å². The maximum atomic E-state index is 5.57. The van der Waals surface area contributed by atoms with E-state index in [1.807, 2.05) is 47.3 Å². The summed E-state index contributed by atoms with van der Waals surface area (Å²) in [6, 6.07) is 14.6. The van der Waals surface area contributed by atoms with E-state index in [1.165, 1.54) is 5.56 Å². The molecule has 6 rings (SSSR count). The number of hydrogen-bond acceptors (Lipinski definition) is 7. The number of morpholine rings is 1. The van der Waals surface area contributed by atoms with Gasteiger partial charge in [0.05, 0.1) is 31.1 Å². The lowest BCUT2D eigenvalue weighted by atomic mass is 10.1. The van der Waals surface area contributed by atoms with Crippen molar-refractivity contribution in [2.45, 2.75) is 6.04 Å². The van der Waals surface area contributed by atoms with Gasteiger partial charge in [-0.3, -0.25) is 9.69 Å². The summed E-state index contributed by atoms with van der Waals surface area (Å²) < 4.78 is 9.28. The van der Waals surface area contributed by atoms with Crippen molar-refractivity contribution in [3.63, 3.8) is 0 Å². The SMILES string of the molecule is Cn1cc(-c2cc3nc(N4C=CC(c5ccccc5)N4)cc(N4CCOCC4)n3n2)cn1. The van der Waals surface area contributed by atoms with Crippen LogP contribution in [0.2, 0.25) is 0 Å². The first kappa shape index (κ1) is 19.0. The lowest BCUT2D eigenvalue weighted by Gasteiger charge is -2.29. The maximum absolute atomic E-state index is 5.57. The van der Waals surface area contributed by atoms with E-state index in [1.54, 1.807) is 4.68 Å². The molecule has 9 nitrogen and oxygen atoms in total. The van der Waals surface area contributed by atoms with Crippen molar-refractivity contribution in [1.29, 1.82) is 0 Å². The fourth-order valence-corrected chi connectivity index (χ4v) is 4.18. The zero-order valence-corrected chi connectivity index (χ0v) is 17.8. The largest absolute Gasteiger partial charge is 0.378 e. The number of benzene rings is 1. The van der Waals surface area contributed by atoms with E-state index in [4.69, 9.17) is 14.8 Å². The monoisotopic (exact) mass is 428 g/mol. The highest BCUT2D eigenvalue weighted by Crippen LogP contribution is 2.29. The van der Waals surface area contributed by atoms with Crippen LogP contribution in [0.4, 0.5) is 11.6 Å². The topological polar surface area (TPSA) is 75.8 Å². The number of aryl methyl sites for hydroxylation is 1. The summed E-state index contributed by atoms with van der Waals surface area (Å²) in [5.74, 6) is 1.83. The summed E-state index contributed by atoms with van der Waals surface area (Å²) in [5, 5.41) is 11.1. The minimum absolute atomic E-state index is 0.108. The normalized spacial score (nSPS) is 18.7. The number of anilines is 2. The van der Waals surface area contributed by atoms with E-state index in [0.29, 0.717) is 13.2 Å². The molecule has 0 aliphatic carbocycles. The Labute approximate surface area is 185 Å². The predicted molar refractivity (Wildman–Crippen MR) is 122 cm³/mol. The van der Waals surface area contributed by atoms with E-state index in [2.05, 4.69) is 51.8 Å². The molecule has 32 heavy (non-hydrogen) atoms. The van der Waals surface area contributed by atoms with Gasteiger partial charge in [-0.1, -0.05) is 30.3 Å². The van der Waals surface area contributed by atoms with Crippen LogP contribution < -0.4 is 15.3 Å². The molecule has 1 aromatic carbocycles. The standard InChI is InChI=1S/C23H24N8O/c1-28-16-18(15-24-28)20-13-22-25-21(14-23(31(22)27-20)29-9-11-32-12-10-29)30-8-7-19(26-30)17-5-3-2-4-6-17/h2-8,13-16,19,26H,9-12H2,1H3. The minimum atomic E-state index is 0.108. The first-order valence-electron chi connectivity index (χ1n) is 10.8. The average molecular weight is 429 g/mol. The lowest BCUT2D eigenvalue weighted by molar-refractivity contribution is 0.122. The Morgan fingerprint density at radius 3 is 2.72 bits per heavy atom. The highest BCUT2D eigenvalue weighted by Gasteiger charge is 2.23. The highest BCUT2D eigenvalue weighted by atomic mass is 16.5. The number of hydrogen-bond donors (Lipinski definition) is 1. The third kappa shape index (κ3) is 3.41. The molecule has 9 heteroatoms. The number of rotatable bonds is 4. The van der Waals surface area contributed by atoms with E-state index in [-0.39, 0.29) is 6.04 Å². The van der Waals surface area contributed by atoms with Gasteiger partial charge < -0.3 is 9.64 Å². The van der Waals surface area contributed by atoms with Gasteiger partial charge in [0, 0.05) is 50.2 Å². The fraction of sp³-hybridized carbons (Fsp3) is 0.261. The quantitative estimate of drug-likeness (QED) is 0.535. The van der Waals surface area contributed by atoms with Gasteiger partial charge in [-0.25, -0.2) is 10.4 Å². The molecule has 0 spiro atoms. The highest BCUT2D eigenvalue weighted by molar-refractivity contribution is 5.67. The maximum Gasteiger partial charge on any atom is 0.160 e. The molecule has 2 aliphatic heterocycles. The molecule has 1 unspecified atom stereocenters. The minimum Gasteiger partial charge on any atom is -0.378 e. The van der Waals surface area contributed by atoms with Gasteiger partial charge in [-0.2, -0.15) is 14.7 Å². The third-order valence-electron chi connectivity index (χ3n) is 5.84. The van der Waals surface area contributed by atoms with Crippen LogP contribution >= 0.6 is 0 Å². The summed E-state index contributed by atoms with van der Waals surface area (Å²) in [7, 11) is 1.91. The Morgan fingerprint density at radius 2 is 1.94 bits per heavy atom. The Bertz CT molecular complexity index is 1270.